The van der Waals surface area contributed by atoms with Crippen molar-refractivity contribution in [2.24, 2.45) is 0 Å². The topological polar surface area (TPSA) is 79.0 Å². The fraction of sp³-hybridized carbons (Fsp3) is 0.533. The van der Waals surface area contributed by atoms with Crippen LogP contribution in [0.25, 0.3) is 0 Å². The van der Waals surface area contributed by atoms with Crippen LogP contribution in [-0.4, -0.2) is 67.3 Å². The maximum absolute atomic E-state index is 12.6. The molecule has 1 aromatic rings. The molecule has 6 heteroatoms. The van der Waals surface area contributed by atoms with Crippen LogP contribution in [-0.2, 0) is 0 Å². The molecule has 2 rings (SSSR count). The van der Waals surface area contributed by atoms with E-state index in [0.717, 1.165) is 26.1 Å². The van der Waals surface area contributed by atoms with E-state index in [1.165, 1.54) is 0 Å². The zero-order chi connectivity index (χ0) is 15.2. The first-order valence-electron chi connectivity index (χ1n) is 7.21. The summed E-state index contributed by atoms with van der Waals surface area (Å²) >= 11 is 0. The Hall–Kier alpha value is -1.79. The van der Waals surface area contributed by atoms with Crippen LogP contribution < -0.4 is 10.5 Å². The van der Waals surface area contributed by atoms with Crippen LogP contribution in [0.3, 0.4) is 0 Å². The summed E-state index contributed by atoms with van der Waals surface area (Å²) in [5.74, 6) is 0.525. The number of anilines is 1. The molecule has 0 spiro atoms. The lowest BCUT2D eigenvalue weighted by Gasteiger charge is -2.22. The van der Waals surface area contributed by atoms with Gasteiger partial charge in [0.05, 0.1) is 19.4 Å². The fourth-order valence-corrected chi connectivity index (χ4v) is 2.57. The van der Waals surface area contributed by atoms with Gasteiger partial charge in [-0.2, -0.15) is 0 Å². The molecule has 1 aromatic carbocycles. The molecule has 0 saturated carbocycles. The average Bonchev–Trinajstić information content (AvgIpc) is 2.73. The van der Waals surface area contributed by atoms with Crippen molar-refractivity contribution in [3.8, 4) is 5.75 Å². The first-order valence-corrected chi connectivity index (χ1v) is 7.21. The predicted octanol–water partition coefficient (Wildman–Crippen LogP) is 0.418. The Morgan fingerprint density at radius 2 is 2.14 bits per heavy atom. The highest BCUT2D eigenvalue weighted by Gasteiger charge is 2.20. The zero-order valence-corrected chi connectivity index (χ0v) is 12.4. The standard InChI is InChI=1S/C15H23N3O3/c1-21-14-11-12(3-4-13(14)16)15(20)18-6-2-5-17(7-8-18)9-10-19/h3-4,11,19H,2,5-10,16H2,1H3. The molecule has 1 saturated heterocycles. The number of aliphatic hydroxyl groups is 1. The number of nitrogen functional groups attached to an aromatic ring is 1. The summed E-state index contributed by atoms with van der Waals surface area (Å²) in [7, 11) is 1.54. The maximum Gasteiger partial charge on any atom is 0.254 e. The number of nitrogens with zero attached hydrogens (tertiary/aromatic N) is 2. The predicted molar refractivity (Wildman–Crippen MR) is 81.5 cm³/mol. The molecule has 1 aliphatic heterocycles. The second-order valence-electron chi connectivity index (χ2n) is 5.17. The number of rotatable bonds is 4. The average molecular weight is 293 g/mol. The van der Waals surface area contributed by atoms with Crippen LogP contribution in [0.5, 0.6) is 5.75 Å². The summed E-state index contributed by atoms with van der Waals surface area (Å²) in [5.41, 5.74) is 6.90. The molecule has 1 heterocycles. The summed E-state index contributed by atoms with van der Waals surface area (Å²) in [6.45, 7) is 3.92. The minimum atomic E-state index is -0.000788. The number of carbonyl (C=O) groups excluding carboxylic acids is 1. The van der Waals surface area contributed by atoms with Crippen molar-refractivity contribution < 1.29 is 14.6 Å². The number of carbonyl (C=O) groups is 1. The van der Waals surface area contributed by atoms with Gasteiger partial charge in [-0.15, -0.1) is 0 Å². The SMILES string of the molecule is COc1cc(C(=O)N2CCCN(CCO)CC2)ccc1N. The molecule has 0 unspecified atom stereocenters. The molecular weight excluding hydrogens is 270 g/mol. The van der Waals surface area contributed by atoms with Gasteiger partial charge in [0.25, 0.3) is 5.91 Å². The van der Waals surface area contributed by atoms with E-state index in [-0.39, 0.29) is 12.5 Å². The van der Waals surface area contributed by atoms with E-state index < -0.39 is 0 Å². The van der Waals surface area contributed by atoms with E-state index in [1.54, 1.807) is 25.3 Å². The van der Waals surface area contributed by atoms with Crippen molar-refractivity contribution >= 4 is 11.6 Å². The first-order chi connectivity index (χ1) is 10.2. The number of methoxy groups -OCH3 is 1. The highest BCUT2D eigenvalue weighted by Crippen LogP contribution is 2.23. The third-order valence-electron chi connectivity index (χ3n) is 3.77. The molecule has 0 aromatic heterocycles. The second-order valence-corrected chi connectivity index (χ2v) is 5.17. The van der Waals surface area contributed by atoms with Gasteiger partial charge in [0.2, 0.25) is 0 Å². The van der Waals surface area contributed by atoms with Crippen LogP contribution in [0.1, 0.15) is 16.8 Å². The number of ether oxygens (including phenoxy) is 1. The van der Waals surface area contributed by atoms with Crippen LogP contribution in [0, 0.1) is 0 Å². The fourth-order valence-electron chi connectivity index (χ4n) is 2.57. The van der Waals surface area contributed by atoms with Crippen molar-refractivity contribution in [2.75, 3.05) is 52.2 Å². The highest BCUT2D eigenvalue weighted by molar-refractivity contribution is 5.95. The normalized spacial score (nSPS) is 16.6. The Morgan fingerprint density at radius 1 is 1.33 bits per heavy atom. The van der Waals surface area contributed by atoms with Crippen LogP contribution in [0.4, 0.5) is 5.69 Å². The summed E-state index contributed by atoms with van der Waals surface area (Å²) in [6.07, 6.45) is 0.915. The summed E-state index contributed by atoms with van der Waals surface area (Å²) in [4.78, 5) is 16.6. The second kappa shape index (κ2) is 7.28. The van der Waals surface area contributed by atoms with E-state index in [2.05, 4.69) is 4.90 Å². The van der Waals surface area contributed by atoms with E-state index in [0.29, 0.717) is 30.1 Å². The number of aliphatic hydroxyl groups excluding tert-OH is 1. The largest absolute Gasteiger partial charge is 0.495 e. The molecule has 3 N–H and O–H groups in total. The Morgan fingerprint density at radius 3 is 2.86 bits per heavy atom. The van der Waals surface area contributed by atoms with Gasteiger partial charge in [0.1, 0.15) is 5.75 Å². The number of nitrogens with two attached hydrogens (primary N) is 1. The molecule has 21 heavy (non-hydrogen) atoms. The van der Waals surface area contributed by atoms with Gasteiger partial charge in [-0.1, -0.05) is 0 Å². The number of hydrogen-bond donors (Lipinski definition) is 2. The number of amides is 1. The van der Waals surface area contributed by atoms with Gasteiger partial charge >= 0.3 is 0 Å². The Kier molecular flexibility index (Phi) is 5.41. The van der Waals surface area contributed by atoms with Crippen LogP contribution in [0.2, 0.25) is 0 Å². The summed E-state index contributed by atoms with van der Waals surface area (Å²) in [5, 5.41) is 9.00. The van der Waals surface area contributed by atoms with E-state index in [9.17, 15) is 4.79 Å². The maximum atomic E-state index is 12.6. The molecule has 0 aliphatic carbocycles. The van der Waals surface area contributed by atoms with E-state index in [4.69, 9.17) is 15.6 Å². The molecule has 0 radical (unpaired) electrons. The molecular formula is C15H23N3O3. The van der Waals surface area contributed by atoms with Crippen molar-refractivity contribution in [1.29, 1.82) is 0 Å². The van der Waals surface area contributed by atoms with Gasteiger partial charge in [0, 0.05) is 31.7 Å². The first kappa shape index (κ1) is 15.6. The van der Waals surface area contributed by atoms with Crippen LogP contribution in [0.15, 0.2) is 18.2 Å². The van der Waals surface area contributed by atoms with Gasteiger partial charge < -0.3 is 20.5 Å². The smallest absolute Gasteiger partial charge is 0.254 e. The molecule has 116 valence electrons. The quantitative estimate of drug-likeness (QED) is 0.787. The van der Waals surface area contributed by atoms with Gasteiger partial charge in [-0.05, 0) is 31.2 Å². The van der Waals surface area contributed by atoms with Crippen molar-refractivity contribution in [2.45, 2.75) is 6.42 Å². The minimum Gasteiger partial charge on any atom is -0.495 e. The van der Waals surface area contributed by atoms with Gasteiger partial charge in [-0.3, -0.25) is 9.69 Å². The Bertz CT molecular complexity index is 493. The molecule has 1 amide bonds. The Balaban J connectivity index is 2.06. The lowest BCUT2D eigenvalue weighted by molar-refractivity contribution is 0.0760. The molecule has 6 nitrogen and oxygen atoms in total. The monoisotopic (exact) mass is 293 g/mol. The summed E-state index contributed by atoms with van der Waals surface area (Å²) in [6, 6.07) is 5.12. The van der Waals surface area contributed by atoms with Crippen molar-refractivity contribution in [3.05, 3.63) is 23.8 Å². The van der Waals surface area contributed by atoms with E-state index in [1.807, 2.05) is 4.90 Å². The number of hydrogen-bond acceptors (Lipinski definition) is 5. The molecule has 0 atom stereocenters. The molecule has 1 aliphatic rings. The van der Waals surface area contributed by atoms with Crippen LogP contribution >= 0.6 is 0 Å². The lowest BCUT2D eigenvalue weighted by atomic mass is 10.1. The zero-order valence-electron chi connectivity index (χ0n) is 12.4. The van der Waals surface area contributed by atoms with Gasteiger partial charge in [0.15, 0.2) is 0 Å². The lowest BCUT2D eigenvalue weighted by Crippen LogP contribution is -2.35. The van der Waals surface area contributed by atoms with Gasteiger partial charge in [-0.25, -0.2) is 0 Å². The minimum absolute atomic E-state index is 0.000788. The van der Waals surface area contributed by atoms with Crippen molar-refractivity contribution in [1.82, 2.24) is 9.80 Å². The third kappa shape index (κ3) is 3.86. The Labute approximate surface area is 125 Å². The number of β-amino-alcohol motifs (C(OH)–C–C–N with tert-alkyl or cyclic N) is 1. The third-order valence-corrected chi connectivity index (χ3v) is 3.77. The van der Waals surface area contributed by atoms with Crippen molar-refractivity contribution in [3.63, 3.8) is 0 Å². The molecule has 0 bridgehead atoms. The molecule has 1 fully saturated rings. The number of benzene rings is 1. The highest BCUT2D eigenvalue weighted by atomic mass is 16.5. The summed E-state index contributed by atoms with van der Waals surface area (Å²) < 4.78 is 5.17. The van der Waals surface area contributed by atoms with E-state index >= 15 is 0 Å².